The van der Waals surface area contributed by atoms with E-state index in [1.807, 2.05) is 25.9 Å². The van der Waals surface area contributed by atoms with Gasteiger partial charge in [-0.15, -0.1) is 0 Å². The number of cyclic esters (lactones) is 1. The van der Waals surface area contributed by atoms with E-state index in [0.717, 1.165) is 0 Å². The third-order valence-corrected chi connectivity index (χ3v) is 11.7. The van der Waals surface area contributed by atoms with Gasteiger partial charge in [0.25, 0.3) is 0 Å². The Morgan fingerprint density at radius 2 is 1.66 bits per heavy atom. The predicted molar refractivity (Wildman–Crippen MR) is 194 cm³/mol. The maximum absolute atomic E-state index is 14.2. The number of methoxy groups -OCH3 is 1. The van der Waals surface area contributed by atoms with Crippen LogP contribution in [-0.2, 0) is 54.0 Å². The zero-order valence-corrected chi connectivity index (χ0v) is 33.6. The van der Waals surface area contributed by atoms with E-state index in [2.05, 4.69) is 0 Å². The van der Waals surface area contributed by atoms with Crippen LogP contribution in [0, 0.1) is 23.7 Å². The average Bonchev–Trinajstić information content (AvgIpc) is 3.42. The number of hydrogen-bond donors (Lipinski definition) is 1. The second-order valence-corrected chi connectivity index (χ2v) is 16.2. The number of fused-ring (bicyclic) bond motifs is 1. The van der Waals surface area contributed by atoms with Gasteiger partial charge in [-0.05, 0) is 78.7 Å². The molecule has 0 spiro atoms. The third kappa shape index (κ3) is 9.36. The van der Waals surface area contributed by atoms with Crippen molar-refractivity contribution in [1.29, 1.82) is 0 Å². The molecular weight excluding hydrogens is 710 g/mol. The first kappa shape index (κ1) is 42.9. The Morgan fingerprint density at radius 3 is 2.25 bits per heavy atom. The summed E-state index contributed by atoms with van der Waals surface area (Å²) in [5.74, 6) is -4.98. The minimum absolute atomic E-state index is 0.108. The number of ketones is 1. The van der Waals surface area contributed by atoms with Crippen LogP contribution in [0.4, 0.5) is 4.79 Å². The van der Waals surface area contributed by atoms with Crippen LogP contribution in [0.5, 0.6) is 0 Å². The summed E-state index contributed by atoms with van der Waals surface area (Å²) < 4.78 is 42.8. The molecule has 14 atom stereocenters. The Bertz CT molecular complexity index is 1460. The van der Waals surface area contributed by atoms with E-state index >= 15 is 0 Å². The van der Waals surface area contributed by atoms with Crippen molar-refractivity contribution >= 4 is 35.5 Å². The van der Waals surface area contributed by atoms with E-state index in [1.165, 1.54) is 7.11 Å². The quantitative estimate of drug-likeness (QED) is 0.274. The topological polar surface area (TPSA) is 156 Å². The van der Waals surface area contributed by atoms with Crippen LogP contribution >= 0.6 is 11.6 Å². The summed E-state index contributed by atoms with van der Waals surface area (Å²) in [5.41, 5.74) is -2.12. The lowest BCUT2D eigenvalue weighted by atomic mass is 9.74. The van der Waals surface area contributed by atoms with Gasteiger partial charge in [0.2, 0.25) is 0 Å². The summed E-state index contributed by atoms with van der Waals surface area (Å²) in [5, 5.41) is 12.1. The van der Waals surface area contributed by atoms with E-state index in [0.29, 0.717) is 17.0 Å². The average molecular weight is 768 g/mol. The number of carbonyl (C=O) groups excluding carboxylic acids is 4. The summed E-state index contributed by atoms with van der Waals surface area (Å²) in [6.45, 7) is 13.8. The number of aliphatic hydroxyl groups is 1. The smallest absolute Gasteiger partial charge is 0.461 e. The summed E-state index contributed by atoms with van der Waals surface area (Å²) in [6.07, 6.45) is -6.93. The summed E-state index contributed by atoms with van der Waals surface area (Å²) in [4.78, 5) is 56.7. The fourth-order valence-electron chi connectivity index (χ4n) is 8.36. The molecule has 4 rings (SSSR count). The van der Waals surface area contributed by atoms with Gasteiger partial charge < -0.3 is 43.2 Å². The van der Waals surface area contributed by atoms with Crippen molar-refractivity contribution in [2.45, 2.75) is 141 Å². The van der Waals surface area contributed by atoms with Crippen LogP contribution in [0.2, 0.25) is 5.02 Å². The second kappa shape index (κ2) is 17.3. The molecule has 13 nitrogen and oxygen atoms in total. The van der Waals surface area contributed by atoms with Crippen molar-refractivity contribution in [3.8, 4) is 0 Å². The third-order valence-electron chi connectivity index (χ3n) is 11.5. The molecule has 3 heterocycles. The minimum Gasteiger partial charge on any atom is -0.461 e. The molecule has 0 unspecified atom stereocenters. The molecule has 53 heavy (non-hydrogen) atoms. The molecule has 0 bridgehead atoms. The lowest BCUT2D eigenvalue weighted by molar-refractivity contribution is -0.301. The lowest BCUT2D eigenvalue weighted by Gasteiger charge is -2.48. The van der Waals surface area contributed by atoms with Crippen molar-refractivity contribution in [3.63, 3.8) is 0 Å². The van der Waals surface area contributed by atoms with Crippen molar-refractivity contribution in [2.75, 3.05) is 21.2 Å². The Hall–Kier alpha value is -2.81. The van der Waals surface area contributed by atoms with Gasteiger partial charge in [-0.2, -0.15) is 0 Å². The number of rotatable bonds is 8. The number of ether oxygens (including phenoxy) is 7. The van der Waals surface area contributed by atoms with Gasteiger partial charge in [0.1, 0.15) is 24.1 Å². The first-order valence-corrected chi connectivity index (χ1v) is 18.9. The van der Waals surface area contributed by atoms with Crippen LogP contribution in [0.25, 0.3) is 0 Å². The highest BCUT2D eigenvalue weighted by Gasteiger charge is 2.59. The largest absolute Gasteiger partial charge is 0.509 e. The number of likely N-dealkylation sites (N-methyl/N-ethyl adjacent to an activating group) is 1. The number of esters is 2. The molecule has 1 aromatic carbocycles. The van der Waals surface area contributed by atoms with Crippen molar-refractivity contribution in [2.24, 2.45) is 23.7 Å². The second-order valence-electron chi connectivity index (χ2n) is 15.8. The molecule has 3 aliphatic heterocycles. The first-order chi connectivity index (χ1) is 24.8. The normalized spacial score (nSPS) is 40.1. The minimum atomic E-state index is -1.49. The molecule has 0 saturated carbocycles. The van der Waals surface area contributed by atoms with E-state index in [-0.39, 0.29) is 37.2 Å². The fraction of sp³-hybridized carbons (Fsp3) is 0.744. The standard InChI is InChI=1S/C39H58ClNO12/c1-12-28-39(8)34(52-37(46)53-39)22(4)30(43)20(2)19-38(7,47-11)33(51-36-31(44)27(41(9)10)17-21(3)48-36)23(5)32(24(6)35(45)49-28)50-29(42)18-25-13-15-26(40)16-14-25/h13-16,20-24,27-28,31-34,36,44H,12,17-19H2,1-11H3/t20-,21-,22+,23+,24-,27+,28-,31-,32+,33-,34-,36+,38-,39-/m1/s1. The molecule has 0 aromatic heterocycles. The highest BCUT2D eigenvalue weighted by molar-refractivity contribution is 6.30. The van der Waals surface area contributed by atoms with Crippen molar-refractivity contribution < 1.29 is 57.4 Å². The maximum atomic E-state index is 14.2. The van der Waals surface area contributed by atoms with Crippen LogP contribution in [0.3, 0.4) is 0 Å². The Labute approximate surface area is 318 Å². The molecule has 298 valence electrons. The number of nitrogens with zero attached hydrogens (tertiary/aromatic N) is 1. The molecule has 14 heteroatoms. The monoisotopic (exact) mass is 767 g/mol. The molecule has 1 N–H and O–H groups in total. The van der Waals surface area contributed by atoms with E-state index < -0.39 is 89.8 Å². The van der Waals surface area contributed by atoms with Crippen LogP contribution in [-0.4, -0.2) is 115 Å². The number of carbonyl (C=O) groups is 4. The Morgan fingerprint density at radius 1 is 1.02 bits per heavy atom. The van der Waals surface area contributed by atoms with E-state index in [1.54, 1.807) is 72.7 Å². The predicted octanol–water partition coefficient (Wildman–Crippen LogP) is 5.14. The van der Waals surface area contributed by atoms with Crippen LogP contribution in [0.15, 0.2) is 24.3 Å². The van der Waals surface area contributed by atoms with E-state index in [4.69, 9.17) is 44.8 Å². The van der Waals surface area contributed by atoms with Gasteiger partial charge in [-0.1, -0.05) is 51.4 Å². The zero-order chi connectivity index (χ0) is 39.6. The number of Topliss-reactive ketones (excluding diaryl/α,β-unsaturated/α-hetero) is 1. The molecule has 1 aromatic rings. The number of hydrogen-bond acceptors (Lipinski definition) is 13. The summed E-state index contributed by atoms with van der Waals surface area (Å²) >= 11 is 6.07. The summed E-state index contributed by atoms with van der Waals surface area (Å²) in [7, 11) is 5.22. The number of halogens is 1. The van der Waals surface area contributed by atoms with Crippen molar-refractivity contribution in [3.05, 3.63) is 34.9 Å². The molecule has 0 aliphatic carbocycles. The van der Waals surface area contributed by atoms with Crippen LogP contribution in [0.1, 0.15) is 80.2 Å². The SMILES string of the molecule is CC[C@H]1OC(=O)[C@H](C)[C@@H](OC(=O)Cc2ccc(Cl)cc2)[C@H](C)[C@@H](O[C@@H]2O[C@H](C)C[C@H](N(C)C)[C@H]2O)[C@](C)(OC)C[C@@H](C)C(=O)[C@H](C)[C@H]2OC(=O)O[C@@]21C. The van der Waals surface area contributed by atoms with Gasteiger partial charge >= 0.3 is 18.1 Å². The van der Waals surface area contributed by atoms with Gasteiger partial charge in [-0.25, -0.2) is 4.79 Å². The number of aliphatic hydroxyl groups excluding tert-OH is 1. The van der Waals surface area contributed by atoms with E-state index in [9.17, 15) is 24.3 Å². The van der Waals surface area contributed by atoms with Gasteiger partial charge in [0.05, 0.1) is 36.1 Å². The van der Waals surface area contributed by atoms with Gasteiger partial charge in [0, 0.05) is 30.0 Å². The molecule has 3 saturated heterocycles. The van der Waals surface area contributed by atoms with Gasteiger partial charge in [0.15, 0.2) is 18.0 Å². The lowest BCUT2D eigenvalue weighted by Crippen LogP contribution is -2.60. The maximum Gasteiger partial charge on any atom is 0.509 e. The molecule has 0 radical (unpaired) electrons. The summed E-state index contributed by atoms with van der Waals surface area (Å²) in [6, 6.07) is 6.46. The molecule has 0 amide bonds. The molecular formula is C39H58ClNO12. The Balaban J connectivity index is 1.84. The first-order valence-electron chi connectivity index (χ1n) is 18.5. The highest BCUT2D eigenvalue weighted by atomic mass is 35.5. The zero-order valence-electron chi connectivity index (χ0n) is 32.8. The number of benzene rings is 1. The highest BCUT2D eigenvalue weighted by Crippen LogP contribution is 2.42. The van der Waals surface area contributed by atoms with Crippen LogP contribution < -0.4 is 0 Å². The molecule has 3 fully saturated rings. The fourth-order valence-corrected chi connectivity index (χ4v) is 8.49. The van der Waals surface area contributed by atoms with Crippen molar-refractivity contribution in [1.82, 2.24) is 4.90 Å². The molecule has 3 aliphatic rings. The van der Waals surface area contributed by atoms with Gasteiger partial charge in [-0.3, -0.25) is 14.4 Å². The Kier molecular flexibility index (Phi) is 14.0.